The highest BCUT2D eigenvalue weighted by atomic mass is 16.5. The van der Waals surface area contributed by atoms with Gasteiger partial charge in [-0.3, -0.25) is 4.79 Å². The van der Waals surface area contributed by atoms with Crippen molar-refractivity contribution in [1.29, 1.82) is 0 Å². The minimum atomic E-state index is -0.235. The van der Waals surface area contributed by atoms with E-state index >= 15 is 0 Å². The molecule has 0 bridgehead atoms. The molecule has 4 heteroatoms. The average molecular weight is 438 g/mol. The normalized spacial score (nSPS) is 27.7. The number of ether oxygens (including phenoxy) is 1. The second-order valence-corrected chi connectivity index (χ2v) is 9.94. The van der Waals surface area contributed by atoms with E-state index in [2.05, 4.69) is 49.4 Å². The number of rotatable bonds is 9. The fourth-order valence-electron chi connectivity index (χ4n) is 5.75. The Morgan fingerprint density at radius 2 is 2.09 bits per heavy atom. The Balaban J connectivity index is 1.17. The number of aliphatic hydroxyl groups is 1. The highest BCUT2D eigenvalue weighted by Gasteiger charge is 2.43. The van der Waals surface area contributed by atoms with E-state index in [0.29, 0.717) is 31.5 Å². The molecule has 1 heterocycles. The molecule has 4 atom stereocenters. The zero-order chi connectivity index (χ0) is 22.3. The van der Waals surface area contributed by atoms with Gasteiger partial charge in [-0.15, -0.1) is 0 Å². The molecular weight excluding hydrogens is 398 g/mol. The molecule has 1 aliphatic heterocycles. The molecule has 1 aromatic carbocycles. The van der Waals surface area contributed by atoms with Crippen molar-refractivity contribution in [2.45, 2.75) is 64.4 Å². The Bertz CT molecular complexity index is 824. The summed E-state index contributed by atoms with van der Waals surface area (Å²) in [5.41, 5.74) is 4.03. The van der Waals surface area contributed by atoms with E-state index in [4.69, 9.17) is 4.74 Å². The molecule has 1 amide bonds. The third kappa shape index (κ3) is 6.11. The lowest BCUT2D eigenvalue weighted by atomic mass is 9.89. The van der Waals surface area contributed by atoms with Crippen LogP contribution in [-0.2, 0) is 16.0 Å². The molecule has 1 saturated heterocycles. The smallest absolute Gasteiger partial charge is 0.224 e. The van der Waals surface area contributed by atoms with Crippen molar-refractivity contribution in [1.82, 2.24) is 4.90 Å². The van der Waals surface area contributed by atoms with Crippen molar-refractivity contribution in [3.63, 3.8) is 0 Å². The van der Waals surface area contributed by atoms with Gasteiger partial charge in [-0.1, -0.05) is 48.1 Å². The van der Waals surface area contributed by atoms with Crippen LogP contribution in [0.3, 0.4) is 0 Å². The number of hydrogen-bond acceptors (Lipinski definition) is 3. The van der Waals surface area contributed by atoms with Gasteiger partial charge in [0.05, 0.1) is 25.7 Å². The number of piperidine rings is 1. The maximum absolute atomic E-state index is 12.3. The summed E-state index contributed by atoms with van der Waals surface area (Å²) in [5, 5.41) is 10.6. The van der Waals surface area contributed by atoms with Crippen LogP contribution in [0.15, 0.2) is 48.1 Å². The van der Waals surface area contributed by atoms with Gasteiger partial charge in [0.25, 0.3) is 0 Å². The number of fused-ring (bicyclic) bond motifs is 1. The van der Waals surface area contributed by atoms with E-state index in [9.17, 15) is 9.90 Å². The van der Waals surface area contributed by atoms with Gasteiger partial charge in [0.2, 0.25) is 5.91 Å². The lowest BCUT2D eigenvalue weighted by molar-refractivity contribution is -0.133. The zero-order valence-electron chi connectivity index (χ0n) is 19.5. The van der Waals surface area contributed by atoms with Crippen LogP contribution in [0.1, 0.15) is 56.1 Å². The van der Waals surface area contributed by atoms with Gasteiger partial charge in [0, 0.05) is 19.0 Å². The largest absolute Gasteiger partial charge is 0.392 e. The van der Waals surface area contributed by atoms with E-state index in [1.807, 2.05) is 4.90 Å². The van der Waals surface area contributed by atoms with Crippen molar-refractivity contribution in [2.24, 2.45) is 17.8 Å². The fraction of sp³-hybridized carbons (Fsp3) is 0.607. The molecule has 32 heavy (non-hydrogen) atoms. The molecule has 0 spiro atoms. The Labute approximate surface area is 193 Å². The Morgan fingerprint density at radius 3 is 2.91 bits per heavy atom. The molecule has 2 aliphatic carbocycles. The van der Waals surface area contributed by atoms with Crippen LogP contribution in [0.5, 0.6) is 0 Å². The molecule has 1 saturated carbocycles. The fourth-order valence-corrected chi connectivity index (χ4v) is 5.75. The number of hydrogen-bond donors (Lipinski definition) is 1. The number of carbonyl (C=O) groups is 1. The van der Waals surface area contributed by atoms with Gasteiger partial charge in [0.1, 0.15) is 0 Å². The maximum atomic E-state index is 12.3. The minimum absolute atomic E-state index is 0.235. The molecule has 4 rings (SSSR count). The van der Waals surface area contributed by atoms with Crippen LogP contribution in [0, 0.1) is 24.7 Å². The van der Waals surface area contributed by atoms with E-state index in [1.54, 1.807) is 0 Å². The van der Waals surface area contributed by atoms with Crippen LogP contribution in [0.2, 0.25) is 0 Å². The first-order valence-electron chi connectivity index (χ1n) is 12.6. The minimum Gasteiger partial charge on any atom is -0.392 e. The molecule has 3 aliphatic rings. The average Bonchev–Trinajstić information content (AvgIpc) is 3.31. The van der Waals surface area contributed by atoms with Crippen LogP contribution in [0.4, 0.5) is 0 Å². The summed E-state index contributed by atoms with van der Waals surface area (Å²) in [6, 6.07) is 8.70. The predicted molar refractivity (Wildman–Crippen MR) is 128 cm³/mol. The highest BCUT2D eigenvalue weighted by molar-refractivity contribution is 5.76. The number of allylic oxidation sites excluding steroid dienone is 2. The third-order valence-corrected chi connectivity index (χ3v) is 7.45. The Kier molecular flexibility index (Phi) is 8.20. The van der Waals surface area contributed by atoms with Crippen molar-refractivity contribution in [3.8, 4) is 0 Å². The summed E-state index contributed by atoms with van der Waals surface area (Å²) in [6.45, 7) is 5.09. The van der Waals surface area contributed by atoms with Gasteiger partial charge in [0.15, 0.2) is 0 Å². The third-order valence-electron chi connectivity index (χ3n) is 7.45. The second-order valence-electron chi connectivity index (χ2n) is 9.94. The molecular formula is C28H39NO3. The summed E-state index contributed by atoms with van der Waals surface area (Å²) in [5.74, 6) is 1.44. The summed E-state index contributed by atoms with van der Waals surface area (Å²) in [6.07, 6.45) is 14.6. The van der Waals surface area contributed by atoms with Gasteiger partial charge in [-0.05, 0) is 74.8 Å². The number of nitrogens with zero attached hydrogens (tertiary/aromatic N) is 1. The number of likely N-dealkylation sites (tertiary alicyclic amines) is 1. The topological polar surface area (TPSA) is 49.8 Å². The van der Waals surface area contributed by atoms with Crippen LogP contribution in [0.25, 0.3) is 0 Å². The molecule has 174 valence electrons. The standard InChI is InChI=1S/C28H39NO3/c1-21-8-7-10-22(16-21)9-3-4-11-25-26-18-23(17-24(26)19-27(25)30)20-32-15-12-28(31)29-13-5-2-6-14-29/h4,7-8,10-11,16-17,24-27,30H,2-3,5-6,9,12-15,18-20H2,1H3/t24-,25+,26-,27+/m0/s1. The summed E-state index contributed by atoms with van der Waals surface area (Å²) < 4.78 is 5.87. The van der Waals surface area contributed by atoms with E-state index in [-0.39, 0.29) is 17.9 Å². The van der Waals surface area contributed by atoms with Gasteiger partial charge >= 0.3 is 0 Å². The second kappa shape index (κ2) is 11.3. The molecule has 0 unspecified atom stereocenters. The Morgan fingerprint density at radius 1 is 1.25 bits per heavy atom. The number of aryl methyl sites for hydroxylation is 2. The van der Waals surface area contributed by atoms with Gasteiger partial charge in [-0.2, -0.15) is 0 Å². The van der Waals surface area contributed by atoms with Gasteiger partial charge in [-0.25, -0.2) is 0 Å². The number of benzene rings is 1. The number of amides is 1. The van der Waals surface area contributed by atoms with Crippen molar-refractivity contribution >= 4 is 5.91 Å². The van der Waals surface area contributed by atoms with Crippen LogP contribution < -0.4 is 0 Å². The SMILES string of the molecule is Cc1cccc(CCC=C[C@@H]2[C@H]3CC(COCCC(=O)N4CCCCC4)=C[C@H]3C[C@H]2O)c1. The molecule has 0 radical (unpaired) electrons. The summed E-state index contributed by atoms with van der Waals surface area (Å²) >= 11 is 0. The first-order chi connectivity index (χ1) is 15.6. The molecule has 1 N–H and O–H groups in total. The summed E-state index contributed by atoms with van der Waals surface area (Å²) in [7, 11) is 0. The molecule has 4 nitrogen and oxygen atoms in total. The highest BCUT2D eigenvalue weighted by Crippen LogP contribution is 2.47. The van der Waals surface area contributed by atoms with E-state index in [1.165, 1.54) is 23.1 Å². The Hall–Kier alpha value is -1.91. The van der Waals surface area contributed by atoms with Gasteiger partial charge < -0.3 is 14.7 Å². The maximum Gasteiger partial charge on any atom is 0.224 e. The van der Waals surface area contributed by atoms with Crippen molar-refractivity contribution < 1.29 is 14.6 Å². The lowest BCUT2D eigenvalue weighted by Crippen LogP contribution is -2.36. The quantitative estimate of drug-likeness (QED) is 0.444. The van der Waals surface area contributed by atoms with Crippen molar-refractivity contribution in [2.75, 3.05) is 26.3 Å². The first kappa shape index (κ1) is 23.3. The molecule has 1 aromatic rings. The zero-order valence-corrected chi connectivity index (χ0v) is 19.5. The first-order valence-corrected chi connectivity index (χ1v) is 12.6. The number of carbonyl (C=O) groups excluding carboxylic acids is 1. The molecule has 2 fully saturated rings. The lowest BCUT2D eigenvalue weighted by Gasteiger charge is -2.26. The molecule has 0 aromatic heterocycles. The number of aliphatic hydroxyl groups excluding tert-OH is 1. The summed E-state index contributed by atoms with van der Waals surface area (Å²) in [4.78, 5) is 14.3. The van der Waals surface area contributed by atoms with E-state index in [0.717, 1.165) is 51.6 Å². The van der Waals surface area contributed by atoms with Crippen LogP contribution in [-0.4, -0.2) is 48.3 Å². The monoisotopic (exact) mass is 437 g/mol. The predicted octanol–water partition coefficient (Wildman–Crippen LogP) is 4.85. The van der Waals surface area contributed by atoms with E-state index < -0.39 is 0 Å². The van der Waals surface area contributed by atoms with Crippen molar-refractivity contribution in [3.05, 3.63) is 59.2 Å². The van der Waals surface area contributed by atoms with Crippen LogP contribution >= 0.6 is 0 Å².